The van der Waals surface area contributed by atoms with E-state index in [2.05, 4.69) is 22.4 Å². The lowest BCUT2D eigenvalue weighted by molar-refractivity contribution is -0.0623. The Balaban J connectivity index is 1.32. The summed E-state index contributed by atoms with van der Waals surface area (Å²) in [7, 11) is 2.05. The van der Waals surface area contributed by atoms with E-state index < -0.39 is 11.6 Å². The normalized spacial score (nSPS) is 19.9. The predicted octanol–water partition coefficient (Wildman–Crippen LogP) is 4.29. The Morgan fingerprint density at radius 3 is 2.59 bits per heavy atom. The number of hydrogen-bond donors (Lipinski definition) is 1. The second kappa shape index (κ2) is 11.9. The number of amides is 1. The van der Waals surface area contributed by atoms with Gasteiger partial charge in [-0.25, -0.2) is 19.2 Å². The zero-order valence-corrected chi connectivity index (χ0v) is 23.0. The van der Waals surface area contributed by atoms with Crippen LogP contribution >= 0.6 is 0 Å². The van der Waals surface area contributed by atoms with Crippen molar-refractivity contribution >= 4 is 16.8 Å². The lowest BCUT2D eigenvalue weighted by Crippen LogP contribution is -2.68. The molecule has 4 aromatic rings. The summed E-state index contributed by atoms with van der Waals surface area (Å²) < 4.78 is 33.4. The molecule has 0 bridgehead atoms. The molecule has 0 aliphatic carbocycles. The summed E-state index contributed by atoms with van der Waals surface area (Å²) in [5, 5.41) is 9.46. The van der Waals surface area contributed by atoms with E-state index in [0.717, 1.165) is 48.3 Å². The Bertz CT molecular complexity index is 1490. The van der Waals surface area contributed by atoms with Gasteiger partial charge in [0.25, 0.3) is 5.91 Å². The molecule has 214 valence electrons. The van der Waals surface area contributed by atoms with Crippen molar-refractivity contribution in [2.75, 3.05) is 38.3 Å². The minimum Gasteiger partial charge on any atom is -0.362 e. The molecule has 1 aromatic heterocycles. The highest BCUT2D eigenvalue weighted by molar-refractivity contribution is 5.94. The van der Waals surface area contributed by atoms with Crippen LogP contribution in [0.3, 0.4) is 0 Å². The molecule has 3 heterocycles. The number of piperazine rings is 1. The van der Waals surface area contributed by atoms with Crippen molar-refractivity contribution in [3.8, 4) is 0 Å². The highest BCUT2D eigenvalue weighted by Crippen LogP contribution is 2.23. The topological polar surface area (TPSA) is 65.9 Å². The van der Waals surface area contributed by atoms with E-state index in [1.165, 1.54) is 12.1 Å². The highest BCUT2D eigenvalue weighted by atomic mass is 19.1. The molecule has 0 saturated carbocycles. The van der Waals surface area contributed by atoms with Gasteiger partial charge in [0.05, 0.1) is 18.3 Å². The van der Waals surface area contributed by atoms with Crippen LogP contribution in [0.25, 0.3) is 10.9 Å². The monoisotopic (exact) mass is 560 g/mol. The number of ether oxygens (including phenoxy) is 1. The first-order chi connectivity index (χ1) is 19.9. The van der Waals surface area contributed by atoms with Crippen LogP contribution in [-0.4, -0.2) is 71.4 Å². The maximum atomic E-state index is 13.9. The second-order valence-corrected chi connectivity index (χ2v) is 10.8. The number of fused-ring (bicyclic) bond motifs is 1. The molecule has 0 spiro atoms. The van der Waals surface area contributed by atoms with E-state index in [4.69, 9.17) is 9.84 Å². The standard InChI is InChI=1S/C31H34F2N6O2/c1-36-12-13-37(30(21-36)38(35-29-9-5-6-14-41-29)31(40)24-7-3-2-4-8-24)39-28-11-10-22(16-25(28)20-34-39)15-23-17-26(32)19-27(33)18-23/h2-4,7-8,10-11,16-20,29-30,35H,5-6,9,12-15,21H2,1H3. The maximum absolute atomic E-state index is 13.9. The molecule has 10 heteroatoms. The molecular weight excluding hydrogens is 526 g/mol. The van der Waals surface area contributed by atoms with Crippen molar-refractivity contribution < 1.29 is 18.3 Å². The number of benzene rings is 3. The van der Waals surface area contributed by atoms with Crippen molar-refractivity contribution in [3.05, 3.63) is 101 Å². The van der Waals surface area contributed by atoms with Crippen LogP contribution in [-0.2, 0) is 11.2 Å². The number of nitrogens with one attached hydrogen (secondary N) is 1. The predicted molar refractivity (Wildman–Crippen MR) is 153 cm³/mol. The fourth-order valence-corrected chi connectivity index (χ4v) is 5.65. The smallest absolute Gasteiger partial charge is 0.270 e. The van der Waals surface area contributed by atoms with Gasteiger partial charge in [-0.2, -0.15) is 9.89 Å². The van der Waals surface area contributed by atoms with E-state index in [0.29, 0.717) is 37.2 Å². The highest BCUT2D eigenvalue weighted by Gasteiger charge is 2.37. The molecule has 3 aromatic carbocycles. The summed E-state index contributed by atoms with van der Waals surface area (Å²) in [6.07, 6.45) is 4.44. The molecule has 2 saturated heterocycles. The second-order valence-electron chi connectivity index (χ2n) is 10.8. The van der Waals surface area contributed by atoms with Gasteiger partial charge in [0.15, 0.2) is 0 Å². The fourth-order valence-electron chi connectivity index (χ4n) is 5.65. The number of hydrogen-bond acceptors (Lipinski definition) is 6. The third-order valence-corrected chi connectivity index (χ3v) is 7.72. The minimum atomic E-state index is -0.586. The first-order valence-corrected chi connectivity index (χ1v) is 14.1. The lowest BCUT2D eigenvalue weighted by Gasteiger charge is -2.47. The molecule has 8 nitrogen and oxygen atoms in total. The summed E-state index contributed by atoms with van der Waals surface area (Å²) in [5.74, 6) is -1.31. The van der Waals surface area contributed by atoms with Gasteiger partial charge in [-0.1, -0.05) is 24.3 Å². The number of carbonyl (C=O) groups is 1. The summed E-state index contributed by atoms with van der Waals surface area (Å²) in [4.78, 5) is 18.0. The average Bonchev–Trinajstić information content (AvgIpc) is 3.39. The van der Waals surface area contributed by atoms with Gasteiger partial charge in [-0.05, 0) is 80.3 Å². The van der Waals surface area contributed by atoms with Gasteiger partial charge in [0, 0.05) is 36.7 Å². The van der Waals surface area contributed by atoms with Crippen molar-refractivity contribution in [1.82, 2.24) is 25.2 Å². The third kappa shape index (κ3) is 6.09. The van der Waals surface area contributed by atoms with E-state index >= 15 is 0 Å². The Morgan fingerprint density at radius 2 is 1.83 bits per heavy atom. The summed E-state index contributed by atoms with van der Waals surface area (Å²) in [6, 6.07) is 18.8. The van der Waals surface area contributed by atoms with Crippen molar-refractivity contribution in [2.45, 2.75) is 38.1 Å². The van der Waals surface area contributed by atoms with Gasteiger partial charge >= 0.3 is 0 Å². The first-order valence-electron chi connectivity index (χ1n) is 14.1. The summed E-state index contributed by atoms with van der Waals surface area (Å²) in [6.45, 7) is 2.71. The van der Waals surface area contributed by atoms with E-state index in [1.807, 2.05) is 53.3 Å². The van der Waals surface area contributed by atoms with Crippen LogP contribution in [0, 0.1) is 11.6 Å². The zero-order chi connectivity index (χ0) is 28.3. The summed E-state index contributed by atoms with van der Waals surface area (Å²) in [5.41, 5.74) is 6.39. The van der Waals surface area contributed by atoms with Gasteiger partial charge in [0.1, 0.15) is 24.0 Å². The number of halogens is 2. The van der Waals surface area contributed by atoms with Crippen LogP contribution in [0.2, 0.25) is 0 Å². The number of hydrazine groups is 1. The first kappa shape index (κ1) is 27.3. The molecule has 41 heavy (non-hydrogen) atoms. The van der Waals surface area contributed by atoms with Gasteiger partial charge in [-0.15, -0.1) is 0 Å². The number of rotatable bonds is 7. The molecule has 6 rings (SSSR count). The molecule has 2 aliphatic rings. The Labute approximate surface area is 238 Å². The van der Waals surface area contributed by atoms with Crippen LogP contribution in [0.4, 0.5) is 8.78 Å². The largest absolute Gasteiger partial charge is 0.362 e. The number of likely N-dealkylation sites (N-methyl/N-ethyl adjacent to an activating group) is 1. The Morgan fingerprint density at radius 1 is 1.02 bits per heavy atom. The quantitative estimate of drug-likeness (QED) is 0.341. The zero-order valence-electron chi connectivity index (χ0n) is 23.0. The van der Waals surface area contributed by atoms with E-state index in [1.54, 1.807) is 11.2 Å². The van der Waals surface area contributed by atoms with Gasteiger partial charge in [-0.3, -0.25) is 9.80 Å². The van der Waals surface area contributed by atoms with Crippen LogP contribution < -0.4 is 10.4 Å². The van der Waals surface area contributed by atoms with Gasteiger partial charge < -0.3 is 9.64 Å². The van der Waals surface area contributed by atoms with Crippen molar-refractivity contribution in [3.63, 3.8) is 0 Å². The minimum absolute atomic E-state index is 0.133. The van der Waals surface area contributed by atoms with Crippen molar-refractivity contribution in [1.29, 1.82) is 0 Å². The van der Waals surface area contributed by atoms with Gasteiger partial charge in [0.2, 0.25) is 0 Å². The van der Waals surface area contributed by atoms with E-state index in [-0.39, 0.29) is 18.3 Å². The SMILES string of the molecule is CN1CCN(n2ncc3cc(Cc4cc(F)cc(F)c4)ccc32)C(N(NC2CCCCO2)C(=O)c2ccccc2)C1. The average molecular weight is 561 g/mol. The Hall–Kier alpha value is -3.86. The Kier molecular flexibility index (Phi) is 7.95. The van der Waals surface area contributed by atoms with Crippen LogP contribution in [0.1, 0.15) is 40.7 Å². The molecule has 2 aliphatic heterocycles. The molecule has 2 fully saturated rings. The lowest BCUT2D eigenvalue weighted by atomic mass is 10.0. The third-order valence-electron chi connectivity index (χ3n) is 7.72. The molecule has 2 unspecified atom stereocenters. The molecule has 1 N–H and O–H groups in total. The summed E-state index contributed by atoms with van der Waals surface area (Å²) >= 11 is 0. The molecular formula is C31H34F2N6O2. The van der Waals surface area contributed by atoms with E-state index in [9.17, 15) is 13.6 Å². The van der Waals surface area contributed by atoms with Crippen molar-refractivity contribution in [2.24, 2.45) is 0 Å². The molecule has 1 amide bonds. The van der Waals surface area contributed by atoms with Crippen LogP contribution in [0.5, 0.6) is 0 Å². The van der Waals surface area contributed by atoms with Crippen LogP contribution in [0.15, 0.2) is 72.9 Å². The fraction of sp³-hybridized carbons (Fsp3) is 0.355. The number of carbonyl (C=O) groups excluding carboxylic acids is 1. The molecule has 0 radical (unpaired) electrons. The number of nitrogens with zero attached hydrogens (tertiary/aromatic N) is 5. The number of aromatic nitrogens is 2. The molecule has 2 atom stereocenters. The maximum Gasteiger partial charge on any atom is 0.270 e.